The van der Waals surface area contributed by atoms with E-state index in [1.807, 2.05) is 0 Å². The maximum Gasteiger partial charge on any atom is 0.333 e. The molecule has 3 N–H and O–H groups in total. The molecule has 116 valence electrons. The van der Waals surface area contributed by atoms with Crippen LogP contribution in [0.15, 0.2) is 24.3 Å². The van der Waals surface area contributed by atoms with Crippen LogP contribution in [0, 0.1) is 0 Å². The van der Waals surface area contributed by atoms with Gasteiger partial charge in [-0.15, -0.1) is 0 Å². The highest BCUT2D eigenvalue weighted by atomic mass is 16.5. The van der Waals surface area contributed by atoms with Gasteiger partial charge in [0.1, 0.15) is 19.3 Å². The van der Waals surface area contributed by atoms with Crippen molar-refractivity contribution < 1.29 is 34.4 Å². The highest BCUT2D eigenvalue weighted by molar-refractivity contribution is 5.87. The van der Waals surface area contributed by atoms with E-state index in [9.17, 15) is 9.59 Å². The molecular formula is C13H22O7. The molecule has 0 aliphatic carbocycles. The number of hydrogen-bond donors (Lipinski definition) is 3. The van der Waals surface area contributed by atoms with Gasteiger partial charge >= 0.3 is 11.9 Å². The second kappa shape index (κ2) is 12.3. The van der Waals surface area contributed by atoms with E-state index in [-0.39, 0.29) is 25.4 Å². The molecular weight excluding hydrogens is 268 g/mol. The number of esters is 2. The van der Waals surface area contributed by atoms with Crippen LogP contribution >= 0.6 is 0 Å². The van der Waals surface area contributed by atoms with Gasteiger partial charge in [-0.2, -0.15) is 0 Å². The molecule has 0 rings (SSSR count). The second-order valence-corrected chi connectivity index (χ2v) is 3.86. The zero-order valence-corrected chi connectivity index (χ0v) is 11.8. The average molecular weight is 290 g/mol. The minimum absolute atomic E-state index is 0.0473. The van der Waals surface area contributed by atoms with Crippen molar-refractivity contribution in [2.45, 2.75) is 20.0 Å². The summed E-state index contributed by atoms with van der Waals surface area (Å²) in [7, 11) is 0. The number of carbonyl (C=O) groups excluding carboxylic acids is 2. The van der Waals surface area contributed by atoms with Gasteiger partial charge in [0.2, 0.25) is 0 Å². The zero-order chi connectivity index (χ0) is 16.1. The highest BCUT2D eigenvalue weighted by Gasteiger charge is 2.07. The first-order valence-corrected chi connectivity index (χ1v) is 5.81. The Kier molecular flexibility index (Phi) is 12.7. The van der Waals surface area contributed by atoms with Gasteiger partial charge in [-0.25, -0.2) is 9.59 Å². The molecule has 0 aliphatic heterocycles. The van der Waals surface area contributed by atoms with Crippen molar-refractivity contribution in [2.75, 3.05) is 26.4 Å². The van der Waals surface area contributed by atoms with Crippen molar-refractivity contribution in [3.8, 4) is 0 Å². The molecule has 0 aromatic rings. The Hall–Kier alpha value is -1.70. The summed E-state index contributed by atoms with van der Waals surface area (Å²) in [4.78, 5) is 21.1. The third kappa shape index (κ3) is 12.7. The van der Waals surface area contributed by atoms with Crippen LogP contribution in [0.4, 0.5) is 0 Å². The fraction of sp³-hybridized carbons (Fsp3) is 0.538. The van der Waals surface area contributed by atoms with Crippen LogP contribution in [0.5, 0.6) is 0 Å². The number of aliphatic hydroxyl groups is 3. The lowest BCUT2D eigenvalue weighted by atomic mass is 10.3. The quantitative estimate of drug-likeness (QED) is 0.430. The van der Waals surface area contributed by atoms with Gasteiger partial charge in [0, 0.05) is 11.1 Å². The van der Waals surface area contributed by atoms with Gasteiger partial charge in [-0.1, -0.05) is 13.2 Å². The minimum Gasteiger partial charge on any atom is -0.460 e. The lowest BCUT2D eigenvalue weighted by molar-refractivity contribution is -0.142. The smallest absolute Gasteiger partial charge is 0.333 e. The molecule has 0 aromatic heterocycles. The Morgan fingerprint density at radius 3 is 1.85 bits per heavy atom. The van der Waals surface area contributed by atoms with Crippen molar-refractivity contribution in [1.29, 1.82) is 0 Å². The monoisotopic (exact) mass is 290 g/mol. The summed E-state index contributed by atoms with van der Waals surface area (Å²) in [5.74, 6) is -1.01. The van der Waals surface area contributed by atoms with Crippen molar-refractivity contribution in [3.05, 3.63) is 24.3 Å². The first-order chi connectivity index (χ1) is 9.26. The predicted molar refractivity (Wildman–Crippen MR) is 71.7 cm³/mol. The van der Waals surface area contributed by atoms with E-state index in [0.717, 1.165) is 0 Å². The Bertz CT molecular complexity index is 336. The third-order valence-corrected chi connectivity index (χ3v) is 1.64. The lowest BCUT2D eigenvalue weighted by Crippen LogP contribution is -2.22. The Morgan fingerprint density at radius 2 is 1.50 bits per heavy atom. The van der Waals surface area contributed by atoms with Crippen molar-refractivity contribution in [3.63, 3.8) is 0 Å². The largest absolute Gasteiger partial charge is 0.460 e. The summed E-state index contributed by atoms with van der Waals surface area (Å²) in [5.41, 5.74) is 0.624. The van der Waals surface area contributed by atoms with Crippen LogP contribution in [0.3, 0.4) is 0 Å². The summed E-state index contributed by atoms with van der Waals surface area (Å²) in [6.07, 6.45) is -1.00. The number of hydrogen-bond acceptors (Lipinski definition) is 7. The first kappa shape index (κ1) is 20.6. The standard InChI is InChI=1S/C7H12O4.C6H10O3/c1-5(2)7(10)11-4-6(9)3-8;1-5(2)6(8)9-4-3-7/h6,8-9H,1,3-4H2,2H3;7H,1,3-4H2,2H3. The van der Waals surface area contributed by atoms with Crippen molar-refractivity contribution in [1.82, 2.24) is 0 Å². The minimum atomic E-state index is -1.00. The van der Waals surface area contributed by atoms with E-state index in [1.165, 1.54) is 6.92 Å². The van der Waals surface area contributed by atoms with Gasteiger partial charge < -0.3 is 24.8 Å². The van der Waals surface area contributed by atoms with Crippen LogP contribution in [0.25, 0.3) is 0 Å². The summed E-state index contributed by atoms with van der Waals surface area (Å²) < 4.78 is 8.97. The lowest BCUT2D eigenvalue weighted by Gasteiger charge is -2.07. The topological polar surface area (TPSA) is 113 Å². The maximum absolute atomic E-state index is 10.6. The molecule has 0 amide bonds. The van der Waals surface area contributed by atoms with E-state index in [2.05, 4.69) is 22.6 Å². The molecule has 0 radical (unpaired) electrons. The summed E-state index contributed by atoms with van der Waals surface area (Å²) in [5, 5.41) is 25.2. The molecule has 20 heavy (non-hydrogen) atoms. The maximum atomic E-state index is 10.6. The first-order valence-electron chi connectivity index (χ1n) is 5.81. The summed E-state index contributed by atoms with van der Waals surface area (Å²) >= 11 is 0. The molecule has 0 bridgehead atoms. The normalized spacial score (nSPS) is 10.7. The molecule has 7 heteroatoms. The molecule has 0 fully saturated rings. The molecule has 0 aliphatic rings. The average Bonchev–Trinajstić information content (AvgIpc) is 2.41. The Labute approximate surface area is 118 Å². The molecule has 1 unspecified atom stereocenters. The second-order valence-electron chi connectivity index (χ2n) is 3.86. The highest BCUT2D eigenvalue weighted by Crippen LogP contribution is 1.93. The van der Waals surface area contributed by atoms with Gasteiger partial charge in [-0.3, -0.25) is 0 Å². The SMILES string of the molecule is C=C(C)C(=O)OCC(O)CO.C=C(C)C(=O)OCCO. The number of carbonyl (C=O) groups is 2. The van der Waals surface area contributed by atoms with Crippen molar-refractivity contribution in [2.24, 2.45) is 0 Å². The van der Waals surface area contributed by atoms with Gasteiger partial charge in [0.05, 0.1) is 13.2 Å². The van der Waals surface area contributed by atoms with E-state index in [1.54, 1.807) is 6.92 Å². The molecule has 0 aromatic carbocycles. The van der Waals surface area contributed by atoms with Crippen LogP contribution < -0.4 is 0 Å². The molecule has 7 nitrogen and oxygen atoms in total. The van der Waals surface area contributed by atoms with Gasteiger partial charge in [0.15, 0.2) is 0 Å². The van der Waals surface area contributed by atoms with E-state index < -0.39 is 24.6 Å². The fourth-order valence-electron chi connectivity index (χ4n) is 0.609. The van der Waals surface area contributed by atoms with Crippen LogP contribution in [-0.2, 0) is 19.1 Å². The zero-order valence-electron chi connectivity index (χ0n) is 11.8. The number of rotatable bonds is 7. The molecule has 0 saturated heterocycles. The van der Waals surface area contributed by atoms with E-state index >= 15 is 0 Å². The Morgan fingerprint density at radius 1 is 1.05 bits per heavy atom. The summed E-state index contributed by atoms with van der Waals surface area (Å²) in [6.45, 7) is 9.06. The molecule has 0 heterocycles. The van der Waals surface area contributed by atoms with E-state index in [0.29, 0.717) is 5.57 Å². The van der Waals surface area contributed by atoms with E-state index in [4.69, 9.17) is 15.3 Å². The van der Waals surface area contributed by atoms with Crippen LogP contribution in [0.1, 0.15) is 13.8 Å². The van der Waals surface area contributed by atoms with Crippen LogP contribution in [0.2, 0.25) is 0 Å². The van der Waals surface area contributed by atoms with Gasteiger partial charge in [-0.05, 0) is 13.8 Å². The predicted octanol–water partition coefficient (Wildman–Crippen LogP) is -0.443. The number of aliphatic hydroxyl groups excluding tert-OH is 3. The summed E-state index contributed by atoms with van der Waals surface area (Å²) in [6, 6.07) is 0. The molecule has 0 spiro atoms. The van der Waals surface area contributed by atoms with Gasteiger partial charge in [0.25, 0.3) is 0 Å². The fourth-order valence-corrected chi connectivity index (χ4v) is 0.609. The third-order valence-electron chi connectivity index (χ3n) is 1.64. The van der Waals surface area contributed by atoms with Crippen molar-refractivity contribution >= 4 is 11.9 Å². The Balaban J connectivity index is 0. The number of ether oxygens (including phenoxy) is 2. The molecule has 0 saturated carbocycles. The molecule has 1 atom stereocenters. The van der Waals surface area contributed by atoms with Crippen LogP contribution in [-0.4, -0.2) is 59.8 Å².